The van der Waals surface area contributed by atoms with Crippen molar-refractivity contribution in [2.45, 2.75) is 38.4 Å². The number of nitrogens with one attached hydrogen (secondary N) is 1. The molecule has 1 amide bonds. The summed E-state index contributed by atoms with van der Waals surface area (Å²) in [5.74, 6) is 0.479. The zero-order valence-corrected chi connectivity index (χ0v) is 15.9. The number of hydrogen-bond acceptors (Lipinski definition) is 5. The van der Waals surface area contributed by atoms with Crippen molar-refractivity contribution in [1.29, 1.82) is 0 Å². The van der Waals surface area contributed by atoms with Crippen LogP contribution in [0, 0.1) is 6.92 Å². The van der Waals surface area contributed by atoms with E-state index in [0.717, 1.165) is 11.8 Å². The van der Waals surface area contributed by atoms with Crippen LogP contribution in [0.15, 0.2) is 24.3 Å². The van der Waals surface area contributed by atoms with E-state index in [9.17, 15) is 13.2 Å². The molecular weight excluding hydrogens is 344 g/mol. The van der Waals surface area contributed by atoms with Crippen LogP contribution in [0.3, 0.4) is 0 Å². The van der Waals surface area contributed by atoms with Gasteiger partial charge in [-0.3, -0.25) is 4.79 Å². The molecule has 7 nitrogen and oxygen atoms in total. The van der Waals surface area contributed by atoms with Gasteiger partial charge < -0.3 is 14.4 Å². The van der Waals surface area contributed by atoms with E-state index in [-0.39, 0.29) is 37.2 Å². The van der Waals surface area contributed by atoms with E-state index < -0.39 is 10.0 Å². The molecule has 0 spiro atoms. The van der Waals surface area contributed by atoms with Gasteiger partial charge in [0.2, 0.25) is 10.0 Å². The predicted molar refractivity (Wildman–Crippen MR) is 95.0 cm³/mol. The monoisotopic (exact) mass is 370 g/mol. The van der Waals surface area contributed by atoms with E-state index in [1.807, 2.05) is 38.1 Å². The van der Waals surface area contributed by atoms with Crippen LogP contribution < -0.4 is 9.46 Å². The van der Waals surface area contributed by atoms with Gasteiger partial charge in [0.25, 0.3) is 5.91 Å². The minimum absolute atomic E-state index is 0.0962. The Morgan fingerprint density at radius 2 is 2.04 bits per heavy atom. The van der Waals surface area contributed by atoms with Crippen LogP contribution >= 0.6 is 0 Å². The molecule has 1 aromatic rings. The number of sulfonamides is 1. The first-order valence-electron chi connectivity index (χ1n) is 8.18. The van der Waals surface area contributed by atoms with Crippen molar-refractivity contribution in [1.82, 2.24) is 9.62 Å². The number of para-hydroxylation sites is 1. The molecule has 0 saturated carbocycles. The summed E-state index contributed by atoms with van der Waals surface area (Å²) < 4.78 is 36.6. The Morgan fingerprint density at radius 3 is 2.64 bits per heavy atom. The lowest BCUT2D eigenvalue weighted by Crippen LogP contribution is -2.50. The minimum Gasteiger partial charge on any atom is -0.484 e. The Hall–Kier alpha value is -1.64. The molecule has 1 unspecified atom stereocenters. The van der Waals surface area contributed by atoms with E-state index in [2.05, 4.69) is 4.72 Å². The zero-order chi connectivity index (χ0) is 18.6. The topological polar surface area (TPSA) is 84.9 Å². The largest absolute Gasteiger partial charge is 0.484 e. The van der Waals surface area contributed by atoms with Crippen LogP contribution in [0.2, 0.25) is 0 Å². The molecule has 1 fully saturated rings. The highest BCUT2D eigenvalue weighted by molar-refractivity contribution is 7.88. The van der Waals surface area contributed by atoms with Crippen molar-refractivity contribution in [3.05, 3.63) is 29.8 Å². The smallest absolute Gasteiger partial charge is 0.261 e. The Kier molecular flexibility index (Phi) is 6.42. The Labute approximate surface area is 149 Å². The Morgan fingerprint density at radius 1 is 1.36 bits per heavy atom. The first-order chi connectivity index (χ1) is 11.7. The SMILES string of the molecule is COC[C@H]1C(NS(C)(=O)=O)C[C@@H](C)N1C(=O)COc1ccccc1C. The van der Waals surface area contributed by atoms with Gasteiger partial charge in [0.15, 0.2) is 6.61 Å². The molecule has 3 atom stereocenters. The van der Waals surface area contributed by atoms with E-state index >= 15 is 0 Å². The third-order valence-electron chi connectivity index (χ3n) is 4.33. The summed E-state index contributed by atoms with van der Waals surface area (Å²) in [7, 11) is -1.83. The van der Waals surface area contributed by atoms with Gasteiger partial charge in [-0.15, -0.1) is 0 Å². The quantitative estimate of drug-likeness (QED) is 0.772. The second-order valence-electron chi connectivity index (χ2n) is 6.46. The van der Waals surface area contributed by atoms with Crippen LogP contribution in [0.1, 0.15) is 18.9 Å². The second kappa shape index (κ2) is 8.16. The lowest BCUT2D eigenvalue weighted by molar-refractivity contribution is -0.137. The maximum atomic E-state index is 12.7. The summed E-state index contributed by atoms with van der Waals surface area (Å²) in [5.41, 5.74) is 0.954. The van der Waals surface area contributed by atoms with Crippen molar-refractivity contribution < 1.29 is 22.7 Å². The van der Waals surface area contributed by atoms with Crippen molar-refractivity contribution >= 4 is 15.9 Å². The summed E-state index contributed by atoms with van der Waals surface area (Å²) in [5, 5.41) is 0. The third-order valence-corrected chi connectivity index (χ3v) is 5.06. The fourth-order valence-corrected chi connectivity index (χ4v) is 4.09. The first-order valence-corrected chi connectivity index (χ1v) is 10.1. The van der Waals surface area contributed by atoms with E-state index in [4.69, 9.17) is 9.47 Å². The van der Waals surface area contributed by atoms with Gasteiger partial charge in [-0.25, -0.2) is 13.1 Å². The van der Waals surface area contributed by atoms with Crippen LogP contribution in [0.4, 0.5) is 0 Å². The van der Waals surface area contributed by atoms with Crippen LogP contribution in [-0.4, -0.2) is 63.9 Å². The van der Waals surface area contributed by atoms with Gasteiger partial charge >= 0.3 is 0 Å². The number of likely N-dealkylation sites (tertiary alicyclic amines) is 1. The van der Waals surface area contributed by atoms with Crippen molar-refractivity contribution in [3.8, 4) is 5.75 Å². The lowest BCUT2D eigenvalue weighted by atomic mass is 10.1. The van der Waals surface area contributed by atoms with Crippen LogP contribution in [0.25, 0.3) is 0 Å². The van der Waals surface area contributed by atoms with Crippen molar-refractivity contribution in [2.75, 3.05) is 26.6 Å². The molecule has 0 bridgehead atoms. The minimum atomic E-state index is -3.37. The number of amides is 1. The maximum absolute atomic E-state index is 12.7. The molecule has 0 aromatic heterocycles. The number of ether oxygens (including phenoxy) is 2. The molecule has 1 aliphatic heterocycles. The average Bonchev–Trinajstić information content (AvgIpc) is 2.80. The molecule has 2 rings (SSSR count). The number of benzene rings is 1. The number of rotatable bonds is 7. The summed E-state index contributed by atoms with van der Waals surface area (Å²) >= 11 is 0. The lowest BCUT2D eigenvalue weighted by Gasteiger charge is -2.30. The summed E-state index contributed by atoms with van der Waals surface area (Å²) in [6, 6.07) is 6.66. The number of methoxy groups -OCH3 is 1. The van der Waals surface area contributed by atoms with Crippen molar-refractivity contribution in [2.24, 2.45) is 0 Å². The Balaban J connectivity index is 2.09. The highest BCUT2D eigenvalue weighted by atomic mass is 32.2. The molecular formula is C17H26N2O5S. The van der Waals surface area contributed by atoms with Gasteiger partial charge in [-0.1, -0.05) is 18.2 Å². The maximum Gasteiger partial charge on any atom is 0.261 e. The summed E-state index contributed by atoms with van der Waals surface area (Å²) in [6.45, 7) is 3.98. The van der Waals surface area contributed by atoms with E-state index in [1.165, 1.54) is 7.11 Å². The average molecular weight is 370 g/mol. The second-order valence-corrected chi connectivity index (χ2v) is 8.24. The number of carbonyl (C=O) groups is 1. The van der Waals surface area contributed by atoms with Gasteiger partial charge in [0.05, 0.1) is 18.9 Å². The fraction of sp³-hybridized carbons (Fsp3) is 0.588. The van der Waals surface area contributed by atoms with Gasteiger partial charge in [-0.2, -0.15) is 0 Å². The third kappa shape index (κ3) is 5.17. The zero-order valence-electron chi connectivity index (χ0n) is 15.1. The summed E-state index contributed by atoms with van der Waals surface area (Å²) in [6.07, 6.45) is 1.66. The molecule has 0 radical (unpaired) electrons. The van der Waals surface area contributed by atoms with Crippen molar-refractivity contribution in [3.63, 3.8) is 0 Å². The molecule has 8 heteroatoms. The first kappa shape index (κ1) is 19.7. The molecule has 1 aliphatic rings. The molecule has 1 saturated heterocycles. The standard InChI is InChI=1S/C17H26N2O5S/c1-12-7-5-6-8-16(12)24-11-17(20)19-13(2)9-14(15(19)10-23-3)18-25(4,21)22/h5-8,13-15,18H,9-11H2,1-4H3/t13-,14?,15+/m1/s1. The number of nitrogens with zero attached hydrogens (tertiary/aromatic N) is 1. The summed E-state index contributed by atoms with van der Waals surface area (Å²) in [4.78, 5) is 14.4. The Bertz CT molecular complexity index is 707. The van der Waals surface area contributed by atoms with Crippen LogP contribution in [0.5, 0.6) is 5.75 Å². The molecule has 1 aromatic carbocycles. The van der Waals surface area contributed by atoms with Crippen LogP contribution in [-0.2, 0) is 19.6 Å². The molecule has 1 heterocycles. The number of carbonyl (C=O) groups excluding carboxylic acids is 1. The van der Waals surface area contributed by atoms with E-state index in [1.54, 1.807) is 4.90 Å². The highest BCUT2D eigenvalue weighted by Gasteiger charge is 2.42. The molecule has 0 aliphatic carbocycles. The molecule has 25 heavy (non-hydrogen) atoms. The number of hydrogen-bond donors (Lipinski definition) is 1. The predicted octanol–water partition coefficient (Wildman–Crippen LogP) is 0.927. The fourth-order valence-electron chi connectivity index (χ4n) is 3.29. The van der Waals surface area contributed by atoms with Gasteiger partial charge in [-0.05, 0) is 31.9 Å². The molecule has 1 N–H and O–H groups in total. The van der Waals surface area contributed by atoms with Gasteiger partial charge in [0, 0.05) is 19.2 Å². The van der Waals surface area contributed by atoms with E-state index in [0.29, 0.717) is 12.2 Å². The number of aryl methyl sites for hydroxylation is 1. The normalized spacial score (nSPS) is 23.7. The highest BCUT2D eigenvalue weighted by Crippen LogP contribution is 2.26. The molecule has 140 valence electrons. The van der Waals surface area contributed by atoms with Gasteiger partial charge in [0.1, 0.15) is 5.75 Å².